The van der Waals surface area contributed by atoms with Crippen LogP contribution in [0.1, 0.15) is 23.0 Å². The fraction of sp³-hybridized carbons (Fsp3) is 0.125. The number of carbonyl (C=O) groups is 2. The summed E-state index contributed by atoms with van der Waals surface area (Å²) in [4.78, 5) is 21.9. The SMILES string of the molecule is CCOC(=O)C=Cc1ccc(-c2ccc(C(=O)O)o2)cc1. The maximum Gasteiger partial charge on any atom is 0.371 e. The van der Waals surface area contributed by atoms with Crippen LogP contribution in [0.2, 0.25) is 0 Å². The molecule has 0 atom stereocenters. The Morgan fingerprint density at radius 1 is 1.19 bits per heavy atom. The number of furan rings is 1. The molecule has 1 aromatic heterocycles. The number of hydrogen-bond acceptors (Lipinski definition) is 4. The van der Waals surface area contributed by atoms with E-state index in [0.29, 0.717) is 12.4 Å². The molecule has 0 saturated carbocycles. The van der Waals surface area contributed by atoms with Crippen LogP contribution in [0.5, 0.6) is 0 Å². The molecular formula is C16H14O5. The smallest absolute Gasteiger partial charge is 0.371 e. The van der Waals surface area contributed by atoms with Crippen molar-refractivity contribution >= 4 is 18.0 Å². The largest absolute Gasteiger partial charge is 0.475 e. The third-order valence-electron chi connectivity index (χ3n) is 2.71. The average Bonchev–Trinajstić information content (AvgIpc) is 2.96. The third kappa shape index (κ3) is 3.82. The molecular weight excluding hydrogens is 272 g/mol. The van der Waals surface area contributed by atoms with Gasteiger partial charge in [0.15, 0.2) is 0 Å². The molecule has 5 heteroatoms. The van der Waals surface area contributed by atoms with E-state index >= 15 is 0 Å². The molecule has 0 amide bonds. The molecule has 0 bridgehead atoms. The van der Waals surface area contributed by atoms with E-state index in [0.717, 1.165) is 11.1 Å². The topological polar surface area (TPSA) is 76.7 Å². The predicted octanol–water partition coefficient (Wildman–Crippen LogP) is 3.22. The summed E-state index contributed by atoms with van der Waals surface area (Å²) in [5, 5.41) is 8.81. The maximum atomic E-state index is 11.2. The quantitative estimate of drug-likeness (QED) is 0.674. The Bertz CT molecular complexity index is 664. The summed E-state index contributed by atoms with van der Waals surface area (Å²) < 4.78 is 9.99. The number of carbonyl (C=O) groups excluding carboxylic acids is 1. The molecule has 0 spiro atoms. The van der Waals surface area contributed by atoms with E-state index in [1.165, 1.54) is 12.1 Å². The Morgan fingerprint density at radius 3 is 2.48 bits per heavy atom. The number of hydrogen-bond donors (Lipinski definition) is 1. The molecule has 0 aliphatic heterocycles. The predicted molar refractivity (Wildman–Crippen MR) is 76.8 cm³/mol. The lowest BCUT2D eigenvalue weighted by molar-refractivity contribution is -0.137. The Hall–Kier alpha value is -2.82. The lowest BCUT2D eigenvalue weighted by Crippen LogP contribution is -1.98. The second-order valence-electron chi connectivity index (χ2n) is 4.18. The molecule has 0 aliphatic rings. The standard InChI is InChI=1S/C16H14O5/c1-2-20-15(17)10-5-11-3-6-12(7-4-11)13-8-9-14(21-13)16(18)19/h3-10H,2H2,1H3,(H,18,19). The summed E-state index contributed by atoms with van der Waals surface area (Å²) in [7, 11) is 0. The molecule has 1 N–H and O–H groups in total. The number of carboxylic acids is 1. The summed E-state index contributed by atoms with van der Waals surface area (Å²) in [5.41, 5.74) is 1.59. The molecule has 108 valence electrons. The van der Waals surface area contributed by atoms with E-state index in [1.807, 2.05) is 0 Å². The average molecular weight is 286 g/mol. The van der Waals surface area contributed by atoms with Crippen LogP contribution in [-0.2, 0) is 9.53 Å². The zero-order valence-electron chi connectivity index (χ0n) is 11.4. The van der Waals surface area contributed by atoms with Gasteiger partial charge in [-0.3, -0.25) is 0 Å². The van der Waals surface area contributed by atoms with Crippen LogP contribution in [-0.4, -0.2) is 23.7 Å². The molecule has 0 unspecified atom stereocenters. The van der Waals surface area contributed by atoms with E-state index in [4.69, 9.17) is 14.3 Å². The monoisotopic (exact) mass is 286 g/mol. The van der Waals surface area contributed by atoms with E-state index in [9.17, 15) is 9.59 Å². The van der Waals surface area contributed by atoms with Crippen molar-refractivity contribution in [1.82, 2.24) is 0 Å². The number of aromatic carboxylic acids is 1. The summed E-state index contributed by atoms with van der Waals surface area (Å²) in [6.07, 6.45) is 3.00. The number of esters is 1. The number of carboxylic acid groups (broad SMARTS) is 1. The van der Waals surface area contributed by atoms with E-state index in [-0.39, 0.29) is 5.76 Å². The van der Waals surface area contributed by atoms with Crippen LogP contribution in [0.3, 0.4) is 0 Å². The second-order valence-corrected chi connectivity index (χ2v) is 4.18. The Balaban J connectivity index is 2.11. The van der Waals surface area contributed by atoms with Gasteiger partial charge in [-0.15, -0.1) is 0 Å². The van der Waals surface area contributed by atoms with Gasteiger partial charge in [-0.2, -0.15) is 0 Å². The highest BCUT2D eigenvalue weighted by molar-refractivity contribution is 5.87. The molecule has 0 radical (unpaired) electrons. The zero-order chi connectivity index (χ0) is 15.2. The fourth-order valence-corrected chi connectivity index (χ4v) is 1.72. The Morgan fingerprint density at radius 2 is 1.90 bits per heavy atom. The molecule has 2 rings (SSSR count). The van der Waals surface area contributed by atoms with Gasteiger partial charge in [0, 0.05) is 11.6 Å². The van der Waals surface area contributed by atoms with Crippen molar-refractivity contribution in [2.45, 2.75) is 6.92 Å². The molecule has 1 heterocycles. The van der Waals surface area contributed by atoms with Crippen molar-refractivity contribution in [1.29, 1.82) is 0 Å². The number of benzene rings is 1. The lowest BCUT2D eigenvalue weighted by atomic mass is 10.1. The van der Waals surface area contributed by atoms with Crippen molar-refractivity contribution in [2.24, 2.45) is 0 Å². The van der Waals surface area contributed by atoms with Crippen LogP contribution in [0.25, 0.3) is 17.4 Å². The van der Waals surface area contributed by atoms with Crippen LogP contribution >= 0.6 is 0 Å². The highest BCUT2D eigenvalue weighted by atomic mass is 16.5. The Kier molecular flexibility index (Phi) is 4.56. The highest BCUT2D eigenvalue weighted by Crippen LogP contribution is 2.22. The maximum absolute atomic E-state index is 11.2. The molecule has 1 aromatic carbocycles. The molecule has 0 fully saturated rings. The van der Waals surface area contributed by atoms with Crippen molar-refractivity contribution in [2.75, 3.05) is 6.61 Å². The normalized spacial score (nSPS) is 10.7. The van der Waals surface area contributed by atoms with Gasteiger partial charge in [0.1, 0.15) is 5.76 Å². The van der Waals surface area contributed by atoms with Crippen LogP contribution in [0, 0.1) is 0 Å². The molecule has 21 heavy (non-hydrogen) atoms. The first kappa shape index (κ1) is 14.6. The molecule has 0 saturated heterocycles. The van der Waals surface area contributed by atoms with E-state index in [2.05, 4.69) is 0 Å². The van der Waals surface area contributed by atoms with Gasteiger partial charge in [0.25, 0.3) is 0 Å². The van der Waals surface area contributed by atoms with E-state index < -0.39 is 11.9 Å². The summed E-state index contributed by atoms with van der Waals surface area (Å²) in [6.45, 7) is 2.09. The van der Waals surface area contributed by atoms with Crippen LogP contribution in [0.15, 0.2) is 46.9 Å². The molecule has 2 aromatic rings. The molecule has 5 nitrogen and oxygen atoms in total. The number of rotatable bonds is 5. The van der Waals surface area contributed by atoms with Gasteiger partial charge in [0.2, 0.25) is 5.76 Å². The van der Waals surface area contributed by atoms with Crippen LogP contribution < -0.4 is 0 Å². The van der Waals surface area contributed by atoms with Gasteiger partial charge >= 0.3 is 11.9 Å². The van der Waals surface area contributed by atoms with Crippen LogP contribution in [0.4, 0.5) is 0 Å². The van der Waals surface area contributed by atoms with Crippen molar-refractivity contribution in [3.8, 4) is 11.3 Å². The second kappa shape index (κ2) is 6.56. The summed E-state index contributed by atoms with van der Waals surface area (Å²) >= 11 is 0. The minimum Gasteiger partial charge on any atom is -0.475 e. The summed E-state index contributed by atoms with van der Waals surface area (Å²) in [5.74, 6) is -1.11. The van der Waals surface area contributed by atoms with Gasteiger partial charge in [0.05, 0.1) is 6.61 Å². The minimum atomic E-state index is -1.10. The van der Waals surface area contributed by atoms with Gasteiger partial charge < -0.3 is 14.3 Å². The lowest BCUT2D eigenvalue weighted by Gasteiger charge is -1.99. The van der Waals surface area contributed by atoms with Crippen molar-refractivity contribution in [3.63, 3.8) is 0 Å². The molecule has 0 aliphatic carbocycles. The fourth-order valence-electron chi connectivity index (χ4n) is 1.72. The Labute approximate surface area is 121 Å². The van der Waals surface area contributed by atoms with Crippen molar-refractivity contribution in [3.05, 3.63) is 53.8 Å². The number of ether oxygens (including phenoxy) is 1. The highest BCUT2D eigenvalue weighted by Gasteiger charge is 2.09. The van der Waals surface area contributed by atoms with Crippen molar-refractivity contribution < 1.29 is 23.8 Å². The van der Waals surface area contributed by atoms with Gasteiger partial charge in [-0.25, -0.2) is 9.59 Å². The van der Waals surface area contributed by atoms with Gasteiger partial charge in [-0.1, -0.05) is 24.3 Å². The third-order valence-corrected chi connectivity index (χ3v) is 2.71. The van der Waals surface area contributed by atoms with Gasteiger partial charge in [-0.05, 0) is 30.7 Å². The van der Waals surface area contributed by atoms with E-state index in [1.54, 1.807) is 43.3 Å². The first-order valence-electron chi connectivity index (χ1n) is 6.38. The first-order valence-corrected chi connectivity index (χ1v) is 6.38. The first-order chi connectivity index (χ1) is 10.1. The summed E-state index contributed by atoms with van der Waals surface area (Å²) in [6, 6.07) is 10.2. The minimum absolute atomic E-state index is 0.101. The zero-order valence-corrected chi connectivity index (χ0v) is 11.4.